The Morgan fingerprint density at radius 1 is 1.19 bits per heavy atom. The van der Waals surface area contributed by atoms with Gasteiger partial charge >= 0.3 is 0 Å². The van der Waals surface area contributed by atoms with Crippen molar-refractivity contribution in [1.29, 1.82) is 0 Å². The Bertz CT molecular complexity index is 459. The predicted octanol–water partition coefficient (Wildman–Crippen LogP) is 5.41. The van der Waals surface area contributed by atoms with Crippen molar-refractivity contribution < 1.29 is 4.74 Å². The highest BCUT2D eigenvalue weighted by molar-refractivity contribution is 5.58. The Hall–Kier alpha value is -1.18. The van der Waals surface area contributed by atoms with Gasteiger partial charge in [0.2, 0.25) is 0 Å². The van der Waals surface area contributed by atoms with E-state index in [1.54, 1.807) is 7.11 Å². The van der Waals surface area contributed by atoms with Gasteiger partial charge in [-0.25, -0.2) is 0 Å². The van der Waals surface area contributed by atoms with Gasteiger partial charge in [0.05, 0.1) is 12.8 Å². The summed E-state index contributed by atoms with van der Waals surface area (Å²) < 4.78 is 5.50. The van der Waals surface area contributed by atoms with Crippen molar-refractivity contribution in [3.63, 3.8) is 0 Å². The molecule has 1 aromatic carbocycles. The first-order chi connectivity index (χ1) is 9.96. The van der Waals surface area contributed by atoms with E-state index in [9.17, 15) is 0 Å². The lowest BCUT2D eigenvalue weighted by Crippen LogP contribution is -2.32. The van der Waals surface area contributed by atoms with Crippen LogP contribution >= 0.6 is 0 Å². The maximum atomic E-state index is 5.50. The third kappa shape index (κ3) is 3.93. The van der Waals surface area contributed by atoms with Gasteiger partial charge in [-0.2, -0.15) is 0 Å². The molecular weight excluding hydrogens is 258 g/mol. The van der Waals surface area contributed by atoms with E-state index in [2.05, 4.69) is 51.2 Å². The third-order valence-corrected chi connectivity index (χ3v) is 5.46. The summed E-state index contributed by atoms with van der Waals surface area (Å²) in [4.78, 5) is 0. The minimum Gasteiger partial charge on any atom is -0.495 e. The lowest BCUT2D eigenvalue weighted by atomic mass is 9.69. The summed E-state index contributed by atoms with van der Waals surface area (Å²) in [6.07, 6.45) is 6.50. The van der Waals surface area contributed by atoms with Gasteiger partial charge in [-0.1, -0.05) is 33.3 Å². The van der Waals surface area contributed by atoms with E-state index in [1.807, 2.05) is 0 Å². The van der Waals surface area contributed by atoms with Gasteiger partial charge in [-0.05, 0) is 61.6 Å². The van der Waals surface area contributed by atoms with Crippen LogP contribution in [0.5, 0.6) is 5.75 Å². The van der Waals surface area contributed by atoms with Crippen LogP contribution in [0.15, 0.2) is 18.2 Å². The predicted molar refractivity (Wildman–Crippen MR) is 91.2 cm³/mol. The molecule has 2 nitrogen and oxygen atoms in total. The molecule has 0 aromatic heterocycles. The van der Waals surface area contributed by atoms with Gasteiger partial charge in [0.25, 0.3) is 0 Å². The molecule has 0 amide bonds. The zero-order chi connectivity index (χ0) is 15.5. The second-order valence-electron chi connectivity index (χ2n) is 7.24. The van der Waals surface area contributed by atoms with Crippen molar-refractivity contribution in [2.45, 2.75) is 65.8 Å². The average molecular weight is 289 g/mol. The Kier molecular flexibility index (Phi) is 5.18. The van der Waals surface area contributed by atoms with Gasteiger partial charge in [0, 0.05) is 6.04 Å². The smallest absolute Gasteiger partial charge is 0.142 e. The van der Waals surface area contributed by atoms with Gasteiger partial charge in [0.1, 0.15) is 5.75 Å². The van der Waals surface area contributed by atoms with Crippen LogP contribution in [0.2, 0.25) is 0 Å². The molecule has 1 aliphatic carbocycles. The molecule has 0 heterocycles. The molecule has 21 heavy (non-hydrogen) atoms. The summed E-state index contributed by atoms with van der Waals surface area (Å²) >= 11 is 0. The maximum Gasteiger partial charge on any atom is 0.142 e. The molecule has 0 aliphatic heterocycles. The number of methoxy groups -OCH3 is 1. The van der Waals surface area contributed by atoms with E-state index in [-0.39, 0.29) is 0 Å². The fraction of sp³-hybridized carbons (Fsp3) is 0.684. The molecule has 1 aromatic rings. The average Bonchev–Trinajstić information content (AvgIpc) is 2.49. The first-order valence-corrected chi connectivity index (χ1v) is 8.37. The van der Waals surface area contributed by atoms with Crippen LogP contribution in [0.1, 0.15) is 58.4 Å². The lowest BCUT2D eigenvalue weighted by Gasteiger charge is -2.39. The van der Waals surface area contributed by atoms with Crippen LogP contribution in [-0.4, -0.2) is 13.2 Å². The number of rotatable bonds is 5. The molecular formula is C19H31NO. The summed E-state index contributed by atoms with van der Waals surface area (Å²) in [5.74, 6) is 1.84. The third-order valence-electron chi connectivity index (χ3n) is 5.46. The monoisotopic (exact) mass is 289 g/mol. The summed E-state index contributed by atoms with van der Waals surface area (Å²) in [7, 11) is 1.75. The van der Waals surface area contributed by atoms with Crippen molar-refractivity contribution in [2.75, 3.05) is 12.4 Å². The van der Waals surface area contributed by atoms with Crippen LogP contribution < -0.4 is 10.1 Å². The van der Waals surface area contributed by atoms with E-state index in [1.165, 1.54) is 37.7 Å². The first kappa shape index (κ1) is 16.2. The molecule has 0 bridgehead atoms. The van der Waals surface area contributed by atoms with E-state index in [4.69, 9.17) is 4.74 Å². The highest BCUT2D eigenvalue weighted by atomic mass is 16.5. The number of hydrogen-bond donors (Lipinski definition) is 1. The largest absolute Gasteiger partial charge is 0.495 e. The molecule has 0 atom stereocenters. The van der Waals surface area contributed by atoms with E-state index >= 15 is 0 Å². The van der Waals surface area contributed by atoms with Crippen LogP contribution in [0, 0.1) is 18.3 Å². The highest BCUT2D eigenvalue weighted by Gasteiger charge is 2.31. The van der Waals surface area contributed by atoms with Crippen molar-refractivity contribution in [3.8, 4) is 5.75 Å². The molecule has 1 saturated carbocycles. The molecule has 0 radical (unpaired) electrons. The Morgan fingerprint density at radius 2 is 1.86 bits per heavy atom. The second-order valence-corrected chi connectivity index (χ2v) is 7.24. The fourth-order valence-electron chi connectivity index (χ4n) is 3.45. The van der Waals surface area contributed by atoms with Gasteiger partial charge in [0.15, 0.2) is 0 Å². The van der Waals surface area contributed by atoms with E-state index < -0.39 is 0 Å². The minimum atomic E-state index is 0.493. The van der Waals surface area contributed by atoms with Crippen LogP contribution in [0.25, 0.3) is 0 Å². The lowest BCUT2D eigenvalue weighted by molar-refractivity contribution is 0.147. The van der Waals surface area contributed by atoms with Crippen LogP contribution in [0.4, 0.5) is 5.69 Å². The van der Waals surface area contributed by atoms with Crippen LogP contribution in [-0.2, 0) is 0 Å². The quantitative estimate of drug-likeness (QED) is 0.782. The molecule has 0 unspecified atom stereocenters. The number of benzene rings is 1. The zero-order valence-electron chi connectivity index (χ0n) is 14.3. The number of anilines is 1. The first-order valence-electron chi connectivity index (χ1n) is 8.37. The normalized spacial score (nSPS) is 22.9. The number of nitrogens with one attached hydrogen (secondary N) is 1. The topological polar surface area (TPSA) is 21.3 Å². The summed E-state index contributed by atoms with van der Waals surface area (Å²) in [6, 6.07) is 6.99. The molecule has 1 aliphatic rings. The second kappa shape index (κ2) is 6.72. The molecule has 0 spiro atoms. The summed E-state index contributed by atoms with van der Waals surface area (Å²) in [5, 5.41) is 3.69. The van der Waals surface area contributed by atoms with Crippen molar-refractivity contribution in [2.24, 2.45) is 11.3 Å². The molecule has 2 rings (SSSR count). The molecule has 1 N–H and O–H groups in total. The van der Waals surface area contributed by atoms with Crippen LogP contribution in [0.3, 0.4) is 0 Å². The molecule has 2 heteroatoms. The van der Waals surface area contributed by atoms with Crippen molar-refractivity contribution in [3.05, 3.63) is 23.8 Å². The molecule has 0 saturated heterocycles. The van der Waals surface area contributed by atoms with Crippen molar-refractivity contribution in [1.82, 2.24) is 0 Å². The van der Waals surface area contributed by atoms with E-state index in [0.29, 0.717) is 11.5 Å². The Labute approximate surface area is 130 Å². The minimum absolute atomic E-state index is 0.493. The molecule has 118 valence electrons. The standard InChI is InChI=1S/C19H31NO/c1-6-19(3,4)15-8-10-16(11-9-15)20-17-12-7-14(2)13-18(17)21-5/h7,12-13,15-16,20H,6,8-11H2,1-5H3. The van der Waals surface area contributed by atoms with Crippen molar-refractivity contribution >= 4 is 5.69 Å². The number of hydrogen-bond acceptors (Lipinski definition) is 2. The molecule has 1 fully saturated rings. The maximum absolute atomic E-state index is 5.50. The number of aryl methyl sites for hydroxylation is 1. The highest BCUT2D eigenvalue weighted by Crippen LogP contribution is 2.41. The summed E-state index contributed by atoms with van der Waals surface area (Å²) in [6.45, 7) is 9.27. The SMILES string of the molecule is CCC(C)(C)C1CCC(Nc2ccc(C)cc2OC)CC1. The Morgan fingerprint density at radius 3 is 2.43 bits per heavy atom. The van der Waals surface area contributed by atoms with E-state index in [0.717, 1.165) is 17.4 Å². The zero-order valence-corrected chi connectivity index (χ0v) is 14.3. The fourth-order valence-corrected chi connectivity index (χ4v) is 3.45. The summed E-state index contributed by atoms with van der Waals surface area (Å²) in [5.41, 5.74) is 2.87. The van der Waals surface area contributed by atoms with Gasteiger partial charge in [-0.3, -0.25) is 0 Å². The number of ether oxygens (including phenoxy) is 1. The van der Waals surface area contributed by atoms with Gasteiger partial charge in [-0.15, -0.1) is 0 Å². The Balaban J connectivity index is 1.95. The van der Waals surface area contributed by atoms with Gasteiger partial charge < -0.3 is 10.1 Å².